The summed E-state index contributed by atoms with van der Waals surface area (Å²) in [5, 5.41) is 7.05. The van der Waals surface area contributed by atoms with Crippen molar-refractivity contribution in [3.63, 3.8) is 0 Å². The number of nitrogen functional groups attached to an aromatic ring is 1. The van der Waals surface area contributed by atoms with Crippen LogP contribution in [0.5, 0.6) is 0 Å². The number of nitrogens with two attached hydrogens (primary N) is 1. The highest BCUT2D eigenvalue weighted by Crippen LogP contribution is 2.24. The van der Waals surface area contributed by atoms with Crippen LogP contribution in [-0.2, 0) is 6.42 Å². The number of anilines is 1. The molecule has 1 amide bonds. The minimum atomic E-state index is -0.0207. The highest BCUT2D eigenvalue weighted by atomic mass is 16.2. The maximum absolute atomic E-state index is 12.6. The summed E-state index contributed by atoms with van der Waals surface area (Å²) >= 11 is 0. The number of piperazine rings is 1. The molecule has 6 nitrogen and oxygen atoms in total. The predicted octanol–water partition coefficient (Wildman–Crippen LogP) is 0.865. The van der Waals surface area contributed by atoms with E-state index < -0.39 is 0 Å². The summed E-state index contributed by atoms with van der Waals surface area (Å²) in [6, 6.07) is 0.531. The Morgan fingerprint density at radius 3 is 3.10 bits per heavy atom. The number of amides is 1. The van der Waals surface area contributed by atoms with Crippen LogP contribution in [0.4, 0.5) is 5.69 Å². The van der Waals surface area contributed by atoms with Crippen molar-refractivity contribution in [2.24, 2.45) is 0 Å². The van der Waals surface area contributed by atoms with E-state index in [1.807, 2.05) is 4.90 Å². The molecule has 2 aliphatic heterocycles. The van der Waals surface area contributed by atoms with Crippen molar-refractivity contribution in [1.82, 2.24) is 20.0 Å². The van der Waals surface area contributed by atoms with E-state index in [4.69, 9.17) is 5.73 Å². The van der Waals surface area contributed by atoms with Crippen LogP contribution < -0.4 is 5.73 Å². The fraction of sp³-hybridized carbons (Fsp3) is 0.714. The minimum absolute atomic E-state index is 0.0207. The SMILES string of the molecule is CCCc1[nH]nc(C(=O)N2CCN3CCCC3C2)c1N. The Hall–Kier alpha value is -1.56. The van der Waals surface area contributed by atoms with E-state index in [2.05, 4.69) is 22.0 Å². The number of aryl methyl sites for hydroxylation is 1. The van der Waals surface area contributed by atoms with Crippen LogP contribution in [0.15, 0.2) is 0 Å². The molecule has 2 fully saturated rings. The molecule has 0 aliphatic carbocycles. The van der Waals surface area contributed by atoms with Crippen molar-refractivity contribution < 1.29 is 4.79 Å². The Labute approximate surface area is 119 Å². The van der Waals surface area contributed by atoms with Gasteiger partial charge in [0, 0.05) is 25.7 Å². The van der Waals surface area contributed by atoms with Gasteiger partial charge in [-0.1, -0.05) is 13.3 Å². The first-order valence-electron chi connectivity index (χ1n) is 7.56. The highest BCUT2D eigenvalue weighted by molar-refractivity contribution is 5.97. The molecule has 1 atom stereocenters. The fourth-order valence-electron chi connectivity index (χ4n) is 3.32. The van der Waals surface area contributed by atoms with E-state index in [1.165, 1.54) is 19.4 Å². The zero-order chi connectivity index (χ0) is 14.1. The van der Waals surface area contributed by atoms with Crippen molar-refractivity contribution in [3.8, 4) is 0 Å². The lowest BCUT2D eigenvalue weighted by molar-refractivity contribution is 0.0566. The maximum atomic E-state index is 12.6. The van der Waals surface area contributed by atoms with Gasteiger partial charge in [-0.05, 0) is 25.8 Å². The van der Waals surface area contributed by atoms with Crippen LogP contribution >= 0.6 is 0 Å². The third kappa shape index (κ3) is 2.28. The number of nitrogens with one attached hydrogen (secondary N) is 1. The zero-order valence-electron chi connectivity index (χ0n) is 12.1. The molecule has 2 saturated heterocycles. The first-order chi connectivity index (χ1) is 9.70. The molecule has 0 bridgehead atoms. The van der Waals surface area contributed by atoms with Gasteiger partial charge in [-0.25, -0.2) is 0 Å². The number of hydrogen-bond acceptors (Lipinski definition) is 4. The smallest absolute Gasteiger partial charge is 0.276 e. The van der Waals surface area contributed by atoms with E-state index in [0.717, 1.165) is 38.2 Å². The third-order valence-electron chi connectivity index (χ3n) is 4.46. The summed E-state index contributed by atoms with van der Waals surface area (Å²) in [4.78, 5) is 17.0. The second kappa shape index (κ2) is 5.44. The van der Waals surface area contributed by atoms with Crippen LogP contribution in [0.1, 0.15) is 42.4 Å². The monoisotopic (exact) mass is 277 g/mol. The number of H-pyrrole nitrogens is 1. The van der Waals surface area contributed by atoms with Crippen molar-refractivity contribution in [3.05, 3.63) is 11.4 Å². The number of nitrogens with zero attached hydrogens (tertiary/aromatic N) is 3. The second-order valence-corrected chi connectivity index (χ2v) is 5.80. The number of hydrogen-bond donors (Lipinski definition) is 2. The second-order valence-electron chi connectivity index (χ2n) is 5.80. The summed E-state index contributed by atoms with van der Waals surface area (Å²) < 4.78 is 0. The number of rotatable bonds is 3. The molecule has 3 heterocycles. The first-order valence-corrected chi connectivity index (χ1v) is 7.56. The zero-order valence-corrected chi connectivity index (χ0v) is 12.1. The Bertz CT molecular complexity index is 498. The van der Waals surface area contributed by atoms with Crippen LogP contribution in [0.2, 0.25) is 0 Å². The summed E-state index contributed by atoms with van der Waals surface area (Å²) in [6.45, 7) is 5.83. The molecule has 6 heteroatoms. The normalized spacial score (nSPS) is 23.1. The molecular weight excluding hydrogens is 254 g/mol. The summed E-state index contributed by atoms with van der Waals surface area (Å²) in [5.41, 5.74) is 7.87. The number of carbonyl (C=O) groups is 1. The Morgan fingerprint density at radius 1 is 1.45 bits per heavy atom. The fourth-order valence-corrected chi connectivity index (χ4v) is 3.32. The quantitative estimate of drug-likeness (QED) is 0.859. The van der Waals surface area contributed by atoms with E-state index >= 15 is 0 Å². The molecule has 1 aromatic rings. The van der Waals surface area contributed by atoms with Gasteiger partial charge in [0.05, 0.1) is 11.4 Å². The number of carbonyl (C=O) groups excluding carboxylic acids is 1. The maximum Gasteiger partial charge on any atom is 0.276 e. The third-order valence-corrected chi connectivity index (χ3v) is 4.46. The number of aromatic nitrogens is 2. The Morgan fingerprint density at radius 2 is 2.30 bits per heavy atom. The highest BCUT2D eigenvalue weighted by Gasteiger charge is 2.34. The van der Waals surface area contributed by atoms with Gasteiger partial charge in [-0.15, -0.1) is 0 Å². The molecule has 0 saturated carbocycles. The lowest BCUT2D eigenvalue weighted by atomic mass is 10.1. The van der Waals surface area contributed by atoms with Crippen molar-refractivity contribution in [2.75, 3.05) is 31.9 Å². The van der Waals surface area contributed by atoms with Gasteiger partial charge in [0.15, 0.2) is 5.69 Å². The van der Waals surface area contributed by atoms with Crippen LogP contribution in [0, 0.1) is 0 Å². The van der Waals surface area contributed by atoms with Crippen LogP contribution in [-0.4, -0.2) is 58.1 Å². The van der Waals surface area contributed by atoms with E-state index in [-0.39, 0.29) is 5.91 Å². The number of aromatic amines is 1. The van der Waals surface area contributed by atoms with Gasteiger partial charge in [-0.3, -0.25) is 14.8 Å². The van der Waals surface area contributed by atoms with Crippen molar-refractivity contribution >= 4 is 11.6 Å². The summed E-state index contributed by atoms with van der Waals surface area (Å²) in [7, 11) is 0. The Kier molecular flexibility index (Phi) is 3.65. The topological polar surface area (TPSA) is 78.2 Å². The van der Waals surface area contributed by atoms with Gasteiger partial charge in [0.25, 0.3) is 5.91 Å². The average Bonchev–Trinajstić information content (AvgIpc) is 3.05. The van der Waals surface area contributed by atoms with Gasteiger partial charge in [-0.2, -0.15) is 5.10 Å². The summed E-state index contributed by atoms with van der Waals surface area (Å²) in [6.07, 6.45) is 4.27. The lowest BCUT2D eigenvalue weighted by Gasteiger charge is -2.37. The largest absolute Gasteiger partial charge is 0.395 e. The molecule has 0 radical (unpaired) electrons. The lowest BCUT2D eigenvalue weighted by Crippen LogP contribution is -2.52. The molecule has 2 aliphatic rings. The molecule has 1 unspecified atom stereocenters. The van der Waals surface area contributed by atoms with E-state index in [9.17, 15) is 4.79 Å². The molecule has 20 heavy (non-hydrogen) atoms. The molecule has 1 aromatic heterocycles. The number of fused-ring (bicyclic) bond motifs is 1. The van der Waals surface area contributed by atoms with Gasteiger partial charge in [0.2, 0.25) is 0 Å². The van der Waals surface area contributed by atoms with Gasteiger partial charge in [0.1, 0.15) is 0 Å². The van der Waals surface area contributed by atoms with Crippen molar-refractivity contribution in [2.45, 2.75) is 38.6 Å². The molecule has 3 rings (SSSR count). The van der Waals surface area contributed by atoms with Gasteiger partial charge >= 0.3 is 0 Å². The molecular formula is C14H23N5O. The first kappa shape index (κ1) is 13.4. The standard InChI is InChI=1S/C14H23N5O/c1-2-4-11-12(15)13(17-16-11)14(20)19-8-7-18-6-3-5-10(18)9-19/h10H,2-9,15H2,1H3,(H,16,17). The molecule has 0 spiro atoms. The minimum Gasteiger partial charge on any atom is -0.395 e. The Balaban J connectivity index is 1.72. The van der Waals surface area contributed by atoms with Crippen LogP contribution in [0.25, 0.3) is 0 Å². The predicted molar refractivity (Wildman–Crippen MR) is 77.5 cm³/mol. The summed E-state index contributed by atoms with van der Waals surface area (Å²) in [5.74, 6) is -0.0207. The average molecular weight is 277 g/mol. The van der Waals surface area contributed by atoms with Crippen molar-refractivity contribution in [1.29, 1.82) is 0 Å². The molecule has 3 N–H and O–H groups in total. The van der Waals surface area contributed by atoms with Gasteiger partial charge < -0.3 is 10.6 Å². The van der Waals surface area contributed by atoms with Crippen LogP contribution in [0.3, 0.4) is 0 Å². The molecule has 110 valence electrons. The molecule has 0 aromatic carbocycles. The van der Waals surface area contributed by atoms with E-state index in [0.29, 0.717) is 17.4 Å². The van der Waals surface area contributed by atoms with E-state index in [1.54, 1.807) is 0 Å².